The van der Waals surface area contributed by atoms with Gasteiger partial charge in [-0.3, -0.25) is 0 Å². The zero-order chi connectivity index (χ0) is 13.5. The van der Waals surface area contributed by atoms with Crippen molar-refractivity contribution < 1.29 is 9.84 Å². The molecule has 0 aliphatic rings. The minimum absolute atomic E-state index is 0.160. The Labute approximate surface area is 111 Å². The maximum absolute atomic E-state index is 8.71. The highest BCUT2D eigenvalue weighted by Gasteiger charge is 1.94. The molecule has 6 heteroatoms. The van der Waals surface area contributed by atoms with Crippen LogP contribution in [0.2, 0.25) is 0 Å². The lowest BCUT2D eigenvalue weighted by molar-refractivity contribution is 0.414. The SMILES string of the molecule is COc1ccc(C)cc1.Nc1cc(O)nc(S)n1. The number of methoxy groups -OCH3 is 1. The number of benzene rings is 1. The van der Waals surface area contributed by atoms with Gasteiger partial charge in [0.2, 0.25) is 5.88 Å². The molecule has 1 aromatic heterocycles. The van der Waals surface area contributed by atoms with Crippen molar-refractivity contribution >= 4 is 18.4 Å². The topological polar surface area (TPSA) is 81.3 Å². The first-order valence-corrected chi connectivity index (χ1v) is 5.59. The number of hydrogen-bond donors (Lipinski definition) is 3. The molecule has 0 bridgehead atoms. The van der Waals surface area contributed by atoms with Gasteiger partial charge in [0.25, 0.3) is 0 Å². The highest BCUT2D eigenvalue weighted by molar-refractivity contribution is 7.80. The second kappa shape index (κ2) is 6.70. The van der Waals surface area contributed by atoms with E-state index in [1.54, 1.807) is 7.11 Å². The molecule has 0 atom stereocenters. The Kier molecular flexibility index (Phi) is 5.26. The number of nitrogen functional groups attached to an aromatic ring is 1. The molecule has 0 aliphatic heterocycles. The van der Waals surface area contributed by atoms with Gasteiger partial charge in [-0.25, -0.2) is 4.98 Å². The fourth-order valence-corrected chi connectivity index (χ4v) is 1.33. The minimum Gasteiger partial charge on any atom is -0.497 e. The molecule has 2 aromatic rings. The predicted octanol–water partition coefficient (Wildman–Crippen LogP) is 2.06. The summed E-state index contributed by atoms with van der Waals surface area (Å²) in [6.45, 7) is 2.06. The van der Waals surface area contributed by atoms with Crippen LogP contribution >= 0.6 is 12.6 Å². The van der Waals surface area contributed by atoms with E-state index in [9.17, 15) is 0 Å². The highest BCUT2D eigenvalue weighted by Crippen LogP contribution is 2.10. The van der Waals surface area contributed by atoms with Gasteiger partial charge in [-0.2, -0.15) is 4.98 Å². The molecular weight excluding hydrogens is 250 g/mol. The van der Waals surface area contributed by atoms with E-state index in [1.165, 1.54) is 11.6 Å². The standard InChI is InChI=1S/C8H10O.C4H5N3OS/c1-7-3-5-8(9-2)6-4-7;5-2-1-3(8)7-4(9)6-2/h3-6H,1-2H3;1H,(H4,5,6,7,8,9). The Balaban J connectivity index is 0.000000180. The Morgan fingerprint density at radius 1 is 1.22 bits per heavy atom. The molecule has 0 saturated heterocycles. The van der Waals surface area contributed by atoms with Gasteiger partial charge in [-0.15, -0.1) is 12.6 Å². The van der Waals surface area contributed by atoms with Crippen LogP contribution in [0.1, 0.15) is 5.56 Å². The van der Waals surface area contributed by atoms with Crippen molar-refractivity contribution in [1.82, 2.24) is 9.97 Å². The molecule has 0 fully saturated rings. The maximum atomic E-state index is 8.71. The number of rotatable bonds is 1. The van der Waals surface area contributed by atoms with Gasteiger partial charge < -0.3 is 15.6 Å². The van der Waals surface area contributed by atoms with Crippen LogP contribution in [-0.4, -0.2) is 22.2 Å². The molecule has 2 rings (SSSR count). The number of nitrogens with two attached hydrogens (primary N) is 1. The Morgan fingerprint density at radius 2 is 1.83 bits per heavy atom. The second-order valence-corrected chi connectivity index (χ2v) is 3.87. The van der Waals surface area contributed by atoms with Gasteiger partial charge in [-0.05, 0) is 19.1 Å². The fourth-order valence-electron chi connectivity index (χ4n) is 1.11. The van der Waals surface area contributed by atoms with Gasteiger partial charge in [0.05, 0.1) is 7.11 Å². The van der Waals surface area contributed by atoms with Crippen LogP contribution in [0.25, 0.3) is 0 Å². The summed E-state index contributed by atoms with van der Waals surface area (Å²) >= 11 is 3.76. The highest BCUT2D eigenvalue weighted by atomic mass is 32.1. The molecule has 0 radical (unpaired) electrons. The summed E-state index contributed by atoms with van der Waals surface area (Å²) in [5.41, 5.74) is 6.46. The van der Waals surface area contributed by atoms with Crippen molar-refractivity contribution in [3.63, 3.8) is 0 Å². The first-order chi connectivity index (χ1) is 8.51. The number of hydrogen-bond acceptors (Lipinski definition) is 6. The number of anilines is 1. The number of nitrogens with zero attached hydrogens (tertiary/aromatic N) is 2. The summed E-state index contributed by atoms with van der Waals surface area (Å²) in [7, 11) is 1.67. The number of aromatic hydroxyl groups is 1. The van der Waals surface area contributed by atoms with Crippen molar-refractivity contribution in [2.45, 2.75) is 12.1 Å². The molecular formula is C12H15N3O2S. The maximum Gasteiger partial charge on any atom is 0.216 e. The van der Waals surface area contributed by atoms with Gasteiger partial charge >= 0.3 is 0 Å². The lowest BCUT2D eigenvalue weighted by Crippen LogP contribution is -1.91. The van der Waals surface area contributed by atoms with Crippen LogP contribution in [0, 0.1) is 6.92 Å². The summed E-state index contributed by atoms with van der Waals surface area (Å²) in [5.74, 6) is 0.973. The molecule has 96 valence electrons. The van der Waals surface area contributed by atoms with Crippen molar-refractivity contribution in [1.29, 1.82) is 0 Å². The van der Waals surface area contributed by atoms with E-state index in [-0.39, 0.29) is 16.9 Å². The lowest BCUT2D eigenvalue weighted by Gasteiger charge is -1.97. The summed E-state index contributed by atoms with van der Waals surface area (Å²) < 4.78 is 4.97. The smallest absolute Gasteiger partial charge is 0.216 e. The van der Waals surface area contributed by atoms with Crippen LogP contribution in [0.15, 0.2) is 35.5 Å². The molecule has 0 aliphatic carbocycles. The van der Waals surface area contributed by atoms with Crippen LogP contribution in [0.5, 0.6) is 11.6 Å². The minimum atomic E-state index is -0.160. The normalized spacial score (nSPS) is 9.28. The summed E-state index contributed by atoms with van der Waals surface area (Å²) in [6, 6.07) is 9.21. The van der Waals surface area contributed by atoms with Gasteiger partial charge in [0.15, 0.2) is 5.16 Å². The third-order valence-corrected chi connectivity index (χ3v) is 2.18. The molecule has 3 N–H and O–H groups in total. The zero-order valence-corrected chi connectivity index (χ0v) is 11.1. The van der Waals surface area contributed by atoms with Crippen LogP contribution in [0.3, 0.4) is 0 Å². The van der Waals surface area contributed by atoms with E-state index in [4.69, 9.17) is 15.6 Å². The van der Waals surface area contributed by atoms with Gasteiger partial charge in [0.1, 0.15) is 11.6 Å². The van der Waals surface area contributed by atoms with Gasteiger partial charge in [-0.1, -0.05) is 17.7 Å². The lowest BCUT2D eigenvalue weighted by atomic mass is 10.2. The Bertz CT molecular complexity index is 453. The van der Waals surface area contributed by atoms with Gasteiger partial charge in [0, 0.05) is 6.07 Å². The Morgan fingerprint density at radius 3 is 2.28 bits per heavy atom. The molecule has 0 unspecified atom stereocenters. The summed E-state index contributed by atoms with van der Waals surface area (Å²) in [4.78, 5) is 7.07. The van der Waals surface area contributed by atoms with Crippen LogP contribution < -0.4 is 10.5 Å². The van der Waals surface area contributed by atoms with Crippen LogP contribution in [-0.2, 0) is 0 Å². The molecule has 0 spiro atoms. The van der Waals surface area contributed by atoms with E-state index in [2.05, 4.69) is 29.5 Å². The number of ether oxygens (including phenoxy) is 1. The van der Waals surface area contributed by atoms with Crippen molar-refractivity contribution in [3.8, 4) is 11.6 Å². The zero-order valence-electron chi connectivity index (χ0n) is 10.2. The average Bonchev–Trinajstić information content (AvgIpc) is 2.29. The number of thiol groups is 1. The summed E-state index contributed by atoms with van der Waals surface area (Å²) in [6.07, 6.45) is 0. The largest absolute Gasteiger partial charge is 0.497 e. The molecule has 5 nitrogen and oxygen atoms in total. The quantitative estimate of drug-likeness (QED) is 0.543. The van der Waals surface area contributed by atoms with Crippen molar-refractivity contribution in [2.24, 2.45) is 0 Å². The fraction of sp³-hybridized carbons (Fsp3) is 0.167. The third-order valence-electron chi connectivity index (χ3n) is 1.98. The average molecular weight is 265 g/mol. The third kappa shape index (κ3) is 4.92. The molecule has 0 saturated carbocycles. The first-order valence-electron chi connectivity index (χ1n) is 5.14. The van der Waals surface area contributed by atoms with Crippen LogP contribution in [0.4, 0.5) is 5.82 Å². The summed E-state index contributed by atoms with van der Waals surface area (Å²) in [5, 5.41) is 8.89. The predicted molar refractivity (Wildman–Crippen MR) is 73.1 cm³/mol. The Hall–Kier alpha value is -1.95. The van der Waals surface area contributed by atoms with E-state index in [0.29, 0.717) is 0 Å². The second-order valence-electron chi connectivity index (χ2n) is 3.47. The number of aromatic nitrogens is 2. The van der Waals surface area contributed by atoms with Crippen molar-refractivity contribution in [3.05, 3.63) is 35.9 Å². The molecule has 0 amide bonds. The molecule has 1 heterocycles. The van der Waals surface area contributed by atoms with E-state index in [0.717, 1.165) is 5.75 Å². The molecule has 18 heavy (non-hydrogen) atoms. The first kappa shape index (κ1) is 14.1. The van der Waals surface area contributed by atoms with E-state index < -0.39 is 0 Å². The van der Waals surface area contributed by atoms with E-state index >= 15 is 0 Å². The monoisotopic (exact) mass is 265 g/mol. The van der Waals surface area contributed by atoms with Crippen molar-refractivity contribution in [2.75, 3.05) is 12.8 Å². The molecule has 1 aromatic carbocycles. The van der Waals surface area contributed by atoms with E-state index in [1.807, 2.05) is 24.3 Å². The number of aryl methyl sites for hydroxylation is 1.